The molecule has 7 heterocycles. The minimum Gasteiger partial charge on any atom is -0.464 e. The monoisotopic (exact) mass is 976 g/mol. The Morgan fingerprint density at radius 2 is 1.37 bits per heavy atom. The summed E-state index contributed by atoms with van der Waals surface area (Å²) in [5.74, 6) is 0.355. The molecule has 4 N–H and O–H groups in total. The van der Waals surface area contributed by atoms with Gasteiger partial charge in [-0.2, -0.15) is 0 Å². The number of rotatable bonds is 12. The van der Waals surface area contributed by atoms with Gasteiger partial charge in [-0.1, -0.05) is 54.5 Å². The van der Waals surface area contributed by atoms with Crippen molar-refractivity contribution in [3.8, 4) is 39.5 Å². The molecule has 0 spiro atoms. The largest absolute Gasteiger partial charge is 0.464 e. The van der Waals surface area contributed by atoms with E-state index in [1.165, 1.54) is 20.3 Å². The molecule has 2 aromatic carbocycles. The molecule has 0 bridgehead atoms. The van der Waals surface area contributed by atoms with Crippen LogP contribution < -0.4 is 15.4 Å². The van der Waals surface area contributed by atoms with Crippen LogP contribution in [-0.2, 0) is 25.5 Å². The third kappa shape index (κ3) is 9.34. The number of benzene rings is 2. The average Bonchev–Trinajstić information content (AvgIpc) is 4.18. The maximum absolute atomic E-state index is 17.0. The number of aromatic amines is 2. The van der Waals surface area contributed by atoms with E-state index in [1.807, 2.05) is 68.8 Å². The molecule has 19 heteroatoms. The number of fused-ring (bicyclic) bond motifs is 5. The van der Waals surface area contributed by atoms with Gasteiger partial charge >= 0.3 is 12.2 Å². The zero-order valence-electron chi connectivity index (χ0n) is 41.0. The molecule has 0 radical (unpaired) electrons. The predicted molar refractivity (Wildman–Crippen MR) is 262 cm³/mol. The lowest BCUT2D eigenvalue weighted by molar-refractivity contribution is -0.136. The van der Waals surface area contributed by atoms with Gasteiger partial charge in [0.1, 0.15) is 35.3 Å². The maximum atomic E-state index is 17.0. The van der Waals surface area contributed by atoms with Crippen molar-refractivity contribution in [1.82, 2.24) is 49.9 Å². The number of aromatic nitrogens is 6. The number of halogens is 1. The van der Waals surface area contributed by atoms with Gasteiger partial charge in [0.15, 0.2) is 0 Å². The molecule has 6 aromatic rings. The molecule has 0 aliphatic carbocycles. The summed E-state index contributed by atoms with van der Waals surface area (Å²) in [6.45, 7) is 15.1. The Bertz CT molecular complexity index is 2950. The first kappa shape index (κ1) is 48.3. The SMILES string of the molecule is COC(=O)NC(C(=O)N1CCCC1c1ncc(-c2cc(F)c3c(c2)OC(c2cnc(CC(C)(C)C)s2)n2c-3cc3cc(-c4cnc(C5CCCN5C(=O)C(NC(=O)OC)C(C)C)[nH]4)ccc32)[nH]1)C(C)C. The number of methoxy groups -OCH3 is 2. The number of nitrogens with zero attached hydrogens (tertiary/aromatic N) is 6. The minimum absolute atomic E-state index is 0.00698. The molecule has 5 unspecified atom stereocenters. The van der Waals surface area contributed by atoms with Crippen LogP contribution in [-0.4, -0.2) is 103 Å². The van der Waals surface area contributed by atoms with E-state index in [1.54, 1.807) is 33.5 Å². The van der Waals surface area contributed by atoms with E-state index >= 15 is 4.39 Å². The van der Waals surface area contributed by atoms with Crippen LogP contribution in [0.4, 0.5) is 14.0 Å². The molecule has 5 atom stereocenters. The summed E-state index contributed by atoms with van der Waals surface area (Å²) in [5, 5.41) is 7.22. The van der Waals surface area contributed by atoms with E-state index in [2.05, 4.69) is 41.4 Å². The van der Waals surface area contributed by atoms with Crippen LogP contribution in [0.5, 0.6) is 5.75 Å². The molecule has 2 fully saturated rings. The molecule has 4 aromatic heterocycles. The first-order valence-corrected chi connectivity index (χ1v) is 24.7. The molecule has 2 saturated heterocycles. The van der Waals surface area contributed by atoms with Crippen molar-refractivity contribution in [2.45, 2.75) is 111 Å². The van der Waals surface area contributed by atoms with E-state index in [4.69, 9.17) is 29.2 Å². The number of alkyl carbamates (subject to hydrolysis) is 2. The quantitative estimate of drug-likeness (QED) is 0.0916. The number of amides is 4. The number of ether oxygens (including phenoxy) is 3. The van der Waals surface area contributed by atoms with Crippen molar-refractivity contribution in [1.29, 1.82) is 0 Å². The Kier molecular flexibility index (Phi) is 13.2. The highest BCUT2D eigenvalue weighted by atomic mass is 32.1. The second-order valence-corrected chi connectivity index (χ2v) is 21.5. The number of carbonyl (C=O) groups excluding carboxylic acids is 4. The molecule has 17 nitrogen and oxygen atoms in total. The lowest BCUT2D eigenvalue weighted by Crippen LogP contribution is -2.51. The first-order valence-electron chi connectivity index (χ1n) is 23.9. The van der Waals surface area contributed by atoms with Gasteiger partial charge in [-0.05, 0) is 73.3 Å². The normalized spacial score (nSPS) is 18.7. The summed E-state index contributed by atoms with van der Waals surface area (Å²) >= 11 is 1.58. The molecule has 70 heavy (non-hydrogen) atoms. The fourth-order valence-corrected chi connectivity index (χ4v) is 11.2. The van der Waals surface area contributed by atoms with Crippen LogP contribution in [0.1, 0.15) is 114 Å². The van der Waals surface area contributed by atoms with Crippen LogP contribution in [0.2, 0.25) is 0 Å². The number of thiazole rings is 1. The maximum Gasteiger partial charge on any atom is 0.407 e. The van der Waals surface area contributed by atoms with Crippen molar-refractivity contribution in [3.63, 3.8) is 0 Å². The van der Waals surface area contributed by atoms with Gasteiger partial charge in [-0.3, -0.25) is 14.2 Å². The Labute approximate surface area is 409 Å². The van der Waals surface area contributed by atoms with Crippen molar-refractivity contribution < 1.29 is 37.8 Å². The molecular weight excluding hydrogens is 916 g/mol. The molecule has 0 saturated carbocycles. The van der Waals surface area contributed by atoms with Crippen LogP contribution in [0.25, 0.3) is 44.7 Å². The summed E-state index contributed by atoms with van der Waals surface area (Å²) in [6, 6.07) is 9.16. The highest BCUT2D eigenvalue weighted by Gasteiger charge is 2.40. The van der Waals surface area contributed by atoms with Gasteiger partial charge in [-0.25, -0.2) is 28.9 Å². The topological polar surface area (TPSA) is 202 Å². The molecule has 4 amide bonds. The number of carbonyl (C=O) groups is 4. The predicted octanol–water partition coefficient (Wildman–Crippen LogP) is 9.30. The van der Waals surface area contributed by atoms with Crippen molar-refractivity contribution in [2.24, 2.45) is 17.3 Å². The Morgan fingerprint density at radius 3 is 1.91 bits per heavy atom. The number of hydrogen-bond donors (Lipinski definition) is 4. The van der Waals surface area contributed by atoms with Gasteiger partial charge in [0.2, 0.25) is 18.0 Å². The van der Waals surface area contributed by atoms with E-state index < -0.39 is 36.3 Å². The second-order valence-electron chi connectivity index (χ2n) is 20.3. The molecule has 370 valence electrons. The lowest BCUT2D eigenvalue weighted by Gasteiger charge is -2.30. The standard InChI is InChI=1S/C51H61FN10O7S/c1-26(2)42(58-49(65)67-8)46(63)60-16-10-12-35(60)44-54-23-32(56-44)28-14-15-34-30(18-28)20-37-41-31(52)19-29(21-38(41)69-48(62(34)37)39-25-53-40(70-39)22-51(5,6)7)33-24-55-45(57-33)36-13-11-17-61(36)47(64)43(27(3)4)59-50(66)68-9/h14-15,18-21,23-27,35-36,42-43,48H,10-13,16-17,22H2,1-9H3,(H,54,56)(H,55,57)(H,58,65)(H,59,66). The van der Waals surface area contributed by atoms with Crippen molar-refractivity contribution >= 4 is 46.2 Å². The van der Waals surface area contributed by atoms with Crippen LogP contribution in [0.3, 0.4) is 0 Å². The molecular formula is C51H61FN10O7S. The van der Waals surface area contributed by atoms with Gasteiger partial charge in [0.25, 0.3) is 0 Å². The summed E-state index contributed by atoms with van der Waals surface area (Å²) in [7, 11) is 2.54. The summed E-state index contributed by atoms with van der Waals surface area (Å²) in [5.41, 5.74) is 4.51. The average molecular weight is 977 g/mol. The number of H-pyrrole nitrogens is 2. The zero-order chi connectivity index (χ0) is 49.8. The third-order valence-corrected chi connectivity index (χ3v) is 14.4. The Hall–Kier alpha value is -6.76. The van der Waals surface area contributed by atoms with E-state index in [0.717, 1.165) is 51.3 Å². The van der Waals surface area contributed by atoms with Crippen molar-refractivity contribution in [3.05, 3.63) is 82.3 Å². The Morgan fingerprint density at radius 1 is 0.800 bits per heavy atom. The van der Waals surface area contributed by atoms with Crippen LogP contribution in [0, 0.1) is 23.1 Å². The number of likely N-dealkylation sites (tertiary alicyclic amines) is 2. The minimum atomic E-state index is -0.777. The number of nitrogens with one attached hydrogen (secondary N) is 4. The van der Waals surface area contributed by atoms with E-state index in [9.17, 15) is 19.2 Å². The van der Waals surface area contributed by atoms with Crippen LogP contribution >= 0.6 is 11.3 Å². The van der Waals surface area contributed by atoms with Gasteiger partial charge < -0.3 is 44.6 Å². The van der Waals surface area contributed by atoms with Gasteiger partial charge in [0.05, 0.1) is 76.7 Å². The zero-order valence-corrected chi connectivity index (χ0v) is 41.8. The summed E-state index contributed by atoms with van der Waals surface area (Å²) in [4.78, 5) is 77.5. The third-order valence-electron chi connectivity index (χ3n) is 13.4. The van der Waals surface area contributed by atoms with Gasteiger partial charge in [0, 0.05) is 42.2 Å². The smallest absolute Gasteiger partial charge is 0.407 e. The number of imidazole rings is 2. The van der Waals surface area contributed by atoms with Gasteiger partial charge in [-0.15, -0.1) is 11.3 Å². The Balaban J connectivity index is 1.04. The molecule has 3 aliphatic rings. The van der Waals surface area contributed by atoms with E-state index in [-0.39, 0.29) is 41.1 Å². The summed E-state index contributed by atoms with van der Waals surface area (Å²) in [6.07, 6.45) is 6.98. The number of hydrogen-bond acceptors (Lipinski definition) is 11. The highest BCUT2D eigenvalue weighted by molar-refractivity contribution is 7.11. The fourth-order valence-electron chi connectivity index (χ4n) is 9.95. The van der Waals surface area contributed by atoms with E-state index in [0.29, 0.717) is 65.8 Å². The molecule has 9 rings (SSSR count). The fraction of sp³-hybridized carbons (Fsp3) is 0.471. The summed E-state index contributed by atoms with van der Waals surface area (Å²) < 4.78 is 35.5. The first-order chi connectivity index (χ1) is 33.4. The lowest BCUT2D eigenvalue weighted by atomic mass is 9.93. The highest BCUT2D eigenvalue weighted by Crippen LogP contribution is 2.48. The second kappa shape index (κ2) is 19.2. The van der Waals surface area contributed by atoms with Crippen LogP contribution in [0.15, 0.2) is 55.0 Å². The van der Waals surface area contributed by atoms with Crippen molar-refractivity contribution in [2.75, 3.05) is 27.3 Å². The molecule has 3 aliphatic heterocycles.